The van der Waals surface area contributed by atoms with E-state index in [1.807, 2.05) is 0 Å². The Kier molecular flexibility index (Phi) is 2.62. The Labute approximate surface area is 88.2 Å². The first-order valence-electron chi connectivity index (χ1n) is 2.04. The van der Waals surface area contributed by atoms with E-state index in [1.54, 1.807) is 0 Å². The Morgan fingerprint density at radius 3 is 1.40 bits per heavy atom. The third kappa shape index (κ3) is 1.24. The van der Waals surface area contributed by atoms with Crippen molar-refractivity contribution >= 4 is 80.2 Å². The molecule has 0 unspecified atom stereocenters. The first-order valence-corrected chi connectivity index (χ1v) is 11.8. The van der Waals surface area contributed by atoms with Crippen LogP contribution in [0.1, 0.15) is 0 Å². The molecule has 0 N–H and O–H groups in total. The Balaban J connectivity index is 2.85. The van der Waals surface area contributed by atoms with Crippen molar-refractivity contribution in [3.8, 4) is 0 Å². The molecule has 1 rings (SSSR count). The molecule has 0 aromatic carbocycles. The summed E-state index contributed by atoms with van der Waals surface area (Å²) in [5.74, 6) is 0. The molecular formula is CCl6OSi2. The average Bonchev–Trinajstić information content (AvgIpc) is 1.61. The molecule has 9 heteroatoms. The monoisotopic (exact) mass is 294 g/mol. The van der Waals surface area contributed by atoms with Gasteiger partial charge in [0.05, 0.1) is 0 Å². The molecule has 1 fully saturated rings. The summed E-state index contributed by atoms with van der Waals surface area (Å²) in [6.07, 6.45) is -2.98. The summed E-state index contributed by atoms with van der Waals surface area (Å²) in [6, 6.07) is 0. The van der Waals surface area contributed by atoms with Gasteiger partial charge in [-0.3, -0.25) is 0 Å². The standard InChI is InChI=1S/CCl6OSi2/c2-1(3)8-10(6,7)9(1,4)5. The van der Waals surface area contributed by atoms with E-state index in [0.717, 1.165) is 0 Å². The largest absolute Gasteiger partial charge is 0.412 e. The molecular weight excluding hydrogens is 297 g/mol. The van der Waals surface area contributed by atoms with Gasteiger partial charge in [0.1, 0.15) is 0 Å². The minimum absolute atomic E-state index is 1.54. The molecule has 60 valence electrons. The SMILES string of the molecule is ClC1(Cl)O[Si](Cl)(Cl)[Si]1(Cl)Cl. The fraction of sp³-hybridized carbons (Fsp3) is 1.00. The van der Waals surface area contributed by atoms with Gasteiger partial charge >= 0.3 is 12.7 Å². The van der Waals surface area contributed by atoms with Crippen LogP contribution in [0.3, 0.4) is 0 Å². The maximum atomic E-state index is 5.70. The van der Waals surface area contributed by atoms with Crippen molar-refractivity contribution in [3.63, 3.8) is 0 Å². The van der Waals surface area contributed by atoms with E-state index in [4.69, 9.17) is 71.9 Å². The van der Waals surface area contributed by atoms with Crippen LogP contribution in [-0.4, -0.2) is 16.8 Å². The highest BCUT2D eigenvalue weighted by molar-refractivity contribution is 7.95. The van der Waals surface area contributed by atoms with Crippen molar-refractivity contribution in [1.29, 1.82) is 0 Å². The van der Waals surface area contributed by atoms with Crippen LogP contribution >= 0.6 is 67.5 Å². The zero-order valence-corrected chi connectivity index (χ0v) is 10.7. The lowest BCUT2D eigenvalue weighted by molar-refractivity contribution is 0.302. The predicted molar refractivity (Wildman–Crippen MR) is 50.4 cm³/mol. The van der Waals surface area contributed by atoms with Crippen LogP contribution in [0.5, 0.6) is 0 Å². The molecule has 0 atom stereocenters. The summed E-state index contributed by atoms with van der Waals surface area (Å²) in [4.78, 5) is 0. The zero-order valence-electron chi connectivity index (χ0n) is 4.18. The summed E-state index contributed by atoms with van der Waals surface area (Å²) >= 11 is 33.6. The van der Waals surface area contributed by atoms with Crippen LogP contribution in [0.15, 0.2) is 0 Å². The van der Waals surface area contributed by atoms with Crippen molar-refractivity contribution in [1.82, 2.24) is 0 Å². The zero-order chi connectivity index (χ0) is 8.21. The van der Waals surface area contributed by atoms with Crippen molar-refractivity contribution < 1.29 is 4.43 Å². The minimum atomic E-state index is -2.98. The molecule has 10 heavy (non-hydrogen) atoms. The minimum Gasteiger partial charge on any atom is -0.362 e. The molecule has 1 heterocycles. The number of alkyl halides is 2. The summed E-state index contributed by atoms with van der Waals surface area (Å²) in [6.45, 7) is -2.96. The van der Waals surface area contributed by atoms with E-state index in [-0.39, 0.29) is 0 Å². The fourth-order valence-electron chi connectivity index (χ4n) is 0.412. The third-order valence-corrected chi connectivity index (χ3v) is 26.5. The molecule has 0 saturated carbocycles. The van der Waals surface area contributed by atoms with E-state index >= 15 is 0 Å². The summed E-state index contributed by atoms with van der Waals surface area (Å²) < 4.78 is 3.19. The highest BCUT2D eigenvalue weighted by Gasteiger charge is 2.80. The number of hydrogen-bond acceptors (Lipinski definition) is 1. The fourth-order valence-corrected chi connectivity index (χ4v) is 14.1. The molecule has 0 spiro atoms. The van der Waals surface area contributed by atoms with Crippen LogP contribution in [0.4, 0.5) is 0 Å². The first kappa shape index (κ1) is 10.2. The quantitative estimate of drug-likeness (QED) is 0.379. The van der Waals surface area contributed by atoms with Crippen molar-refractivity contribution in [2.75, 3.05) is 0 Å². The lowest BCUT2D eigenvalue weighted by Gasteiger charge is -2.47. The van der Waals surface area contributed by atoms with Crippen LogP contribution in [0.2, 0.25) is 0 Å². The molecule has 0 aromatic heterocycles. The maximum Gasteiger partial charge on any atom is 0.412 e. The molecule has 1 saturated heterocycles. The highest BCUT2D eigenvalue weighted by Crippen LogP contribution is 2.58. The second kappa shape index (κ2) is 2.56. The number of hydrogen-bond donors (Lipinski definition) is 0. The van der Waals surface area contributed by atoms with Crippen molar-refractivity contribution in [2.45, 2.75) is 4.14 Å². The molecule has 1 nitrogen and oxygen atoms in total. The number of rotatable bonds is 0. The van der Waals surface area contributed by atoms with Gasteiger partial charge in [-0.1, -0.05) is 23.2 Å². The Hall–Kier alpha value is 2.13. The number of halogens is 6. The van der Waals surface area contributed by atoms with Gasteiger partial charge in [0.2, 0.25) is 4.14 Å². The van der Waals surface area contributed by atoms with E-state index in [9.17, 15) is 0 Å². The highest BCUT2D eigenvalue weighted by atomic mass is 35.8. The molecule has 0 radical (unpaired) electrons. The van der Waals surface area contributed by atoms with Crippen LogP contribution in [0, 0.1) is 0 Å². The summed E-state index contributed by atoms with van der Waals surface area (Å²) in [7, 11) is 0. The Morgan fingerprint density at radius 2 is 1.40 bits per heavy atom. The van der Waals surface area contributed by atoms with E-state index in [2.05, 4.69) is 0 Å². The van der Waals surface area contributed by atoms with Crippen LogP contribution < -0.4 is 0 Å². The molecule has 1 aliphatic heterocycles. The molecule has 1 aliphatic rings. The van der Waals surface area contributed by atoms with Gasteiger partial charge in [0.25, 0.3) is 0 Å². The smallest absolute Gasteiger partial charge is 0.362 e. The van der Waals surface area contributed by atoms with Gasteiger partial charge in [0, 0.05) is 0 Å². The van der Waals surface area contributed by atoms with E-state index in [1.165, 1.54) is 0 Å². The average molecular weight is 297 g/mol. The predicted octanol–water partition coefficient (Wildman–Crippen LogP) is 3.10. The van der Waals surface area contributed by atoms with Gasteiger partial charge in [-0.25, -0.2) is 0 Å². The molecule has 0 bridgehead atoms. The van der Waals surface area contributed by atoms with Crippen LogP contribution in [-0.2, 0) is 4.43 Å². The van der Waals surface area contributed by atoms with Crippen molar-refractivity contribution in [2.24, 2.45) is 0 Å². The second-order valence-electron chi connectivity index (χ2n) is 1.71. The van der Waals surface area contributed by atoms with Gasteiger partial charge in [0.15, 0.2) is 0 Å². The Morgan fingerprint density at radius 1 is 1.00 bits per heavy atom. The molecule has 0 aromatic rings. The maximum absolute atomic E-state index is 5.70. The van der Waals surface area contributed by atoms with Gasteiger partial charge in [-0.05, 0) is 0 Å². The van der Waals surface area contributed by atoms with Gasteiger partial charge in [-0.2, -0.15) is 0 Å². The normalized spacial score (nSPS) is 33.0. The lowest BCUT2D eigenvalue weighted by atomic mass is 11.6. The third-order valence-electron chi connectivity index (χ3n) is 0.987. The van der Waals surface area contributed by atoms with Crippen molar-refractivity contribution in [3.05, 3.63) is 0 Å². The van der Waals surface area contributed by atoms with Crippen LogP contribution in [0.25, 0.3) is 0 Å². The second-order valence-corrected chi connectivity index (χ2v) is 22.6. The van der Waals surface area contributed by atoms with E-state index < -0.39 is 16.8 Å². The Bertz CT molecular complexity index is 149. The first-order chi connectivity index (χ1) is 4.21. The summed E-state index contributed by atoms with van der Waals surface area (Å²) in [5.41, 5.74) is 0. The summed E-state index contributed by atoms with van der Waals surface area (Å²) in [5, 5.41) is 0. The molecule has 0 aliphatic carbocycles. The topological polar surface area (TPSA) is 9.23 Å². The van der Waals surface area contributed by atoms with E-state index in [0.29, 0.717) is 0 Å². The van der Waals surface area contributed by atoms with Gasteiger partial charge < -0.3 is 4.43 Å². The lowest BCUT2D eigenvalue weighted by Crippen LogP contribution is -2.75. The van der Waals surface area contributed by atoms with Gasteiger partial charge in [-0.15, -0.1) is 44.3 Å². The molecule has 0 amide bonds.